The molecule has 102 valence electrons. The minimum Gasteiger partial charge on any atom is -0.387 e. The molecule has 0 aliphatic heterocycles. The normalized spacial score (nSPS) is 11.8. The molecular formula is C13H22N2O2S. The fourth-order valence-corrected chi connectivity index (χ4v) is 3.71. The fourth-order valence-electron chi connectivity index (χ4n) is 1.89. The standard InChI is InChI=1S/C13H22N2O2S/c1-4-10-15(11-5-2)18(16,17)13-9-7-6-8-12(13)14-3/h6-9,14H,4-5,10-11H2,1-3H3. The van der Waals surface area contributed by atoms with E-state index in [1.54, 1.807) is 29.6 Å². The minimum atomic E-state index is -3.40. The van der Waals surface area contributed by atoms with Crippen LogP contribution in [-0.2, 0) is 10.0 Å². The highest BCUT2D eigenvalue weighted by Crippen LogP contribution is 2.24. The van der Waals surface area contributed by atoms with Gasteiger partial charge in [0.05, 0.1) is 5.69 Å². The molecule has 18 heavy (non-hydrogen) atoms. The number of hydrogen-bond acceptors (Lipinski definition) is 3. The Kier molecular flexibility index (Phi) is 5.62. The van der Waals surface area contributed by atoms with E-state index < -0.39 is 10.0 Å². The summed E-state index contributed by atoms with van der Waals surface area (Å²) < 4.78 is 26.7. The van der Waals surface area contributed by atoms with Crippen molar-refractivity contribution < 1.29 is 8.42 Å². The highest BCUT2D eigenvalue weighted by atomic mass is 32.2. The molecule has 4 nitrogen and oxygen atoms in total. The first-order valence-corrected chi connectivity index (χ1v) is 7.78. The zero-order valence-electron chi connectivity index (χ0n) is 11.3. The van der Waals surface area contributed by atoms with Crippen molar-refractivity contribution in [3.05, 3.63) is 24.3 Å². The van der Waals surface area contributed by atoms with Crippen molar-refractivity contribution in [1.82, 2.24) is 4.31 Å². The summed E-state index contributed by atoms with van der Waals surface area (Å²) in [5, 5.41) is 2.93. The Morgan fingerprint density at radius 3 is 2.17 bits per heavy atom. The van der Waals surface area contributed by atoms with E-state index in [-0.39, 0.29) is 0 Å². The molecule has 0 aliphatic rings. The summed E-state index contributed by atoms with van der Waals surface area (Å²) in [5.41, 5.74) is 0.648. The average molecular weight is 270 g/mol. The molecule has 0 amide bonds. The monoisotopic (exact) mass is 270 g/mol. The van der Waals surface area contributed by atoms with Crippen LogP contribution in [0.2, 0.25) is 0 Å². The van der Waals surface area contributed by atoms with Crippen LogP contribution in [-0.4, -0.2) is 32.9 Å². The van der Waals surface area contributed by atoms with Gasteiger partial charge < -0.3 is 5.32 Å². The van der Waals surface area contributed by atoms with Crippen molar-refractivity contribution in [2.24, 2.45) is 0 Å². The summed E-state index contributed by atoms with van der Waals surface area (Å²) >= 11 is 0. The topological polar surface area (TPSA) is 49.4 Å². The van der Waals surface area contributed by atoms with Crippen molar-refractivity contribution in [2.75, 3.05) is 25.5 Å². The molecule has 0 fully saturated rings. The summed E-state index contributed by atoms with van der Waals surface area (Å²) in [6.45, 7) is 5.10. The summed E-state index contributed by atoms with van der Waals surface area (Å²) in [5.74, 6) is 0. The van der Waals surface area contributed by atoms with E-state index in [1.807, 2.05) is 19.9 Å². The van der Waals surface area contributed by atoms with E-state index in [0.717, 1.165) is 12.8 Å². The van der Waals surface area contributed by atoms with Gasteiger partial charge in [-0.2, -0.15) is 4.31 Å². The van der Waals surface area contributed by atoms with Crippen LogP contribution in [0.3, 0.4) is 0 Å². The van der Waals surface area contributed by atoms with E-state index in [9.17, 15) is 8.42 Å². The molecule has 0 atom stereocenters. The van der Waals surface area contributed by atoms with Crippen LogP contribution in [0.15, 0.2) is 29.2 Å². The first-order valence-electron chi connectivity index (χ1n) is 6.34. The van der Waals surface area contributed by atoms with Gasteiger partial charge >= 0.3 is 0 Å². The van der Waals surface area contributed by atoms with Gasteiger partial charge in [-0.15, -0.1) is 0 Å². The Morgan fingerprint density at radius 1 is 1.11 bits per heavy atom. The lowest BCUT2D eigenvalue weighted by Gasteiger charge is -2.22. The van der Waals surface area contributed by atoms with E-state index in [0.29, 0.717) is 23.7 Å². The van der Waals surface area contributed by atoms with Crippen LogP contribution < -0.4 is 5.32 Å². The van der Waals surface area contributed by atoms with Gasteiger partial charge in [0.2, 0.25) is 10.0 Å². The first kappa shape index (κ1) is 15.0. The van der Waals surface area contributed by atoms with Gasteiger partial charge in [0.25, 0.3) is 0 Å². The van der Waals surface area contributed by atoms with Gasteiger partial charge in [-0.25, -0.2) is 8.42 Å². The maximum atomic E-state index is 12.6. The van der Waals surface area contributed by atoms with Gasteiger partial charge in [0.1, 0.15) is 4.90 Å². The average Bonchev–Trinajstić information content (AvgIpc) is 2.38. The molecule has 1 rings (SSSR count). The highest BCUT2D eigenvalue weighted by Gasteiger charge is 2.25. The number of hydrogen-bond donors (Lipinski definition) is 1. The van der Waals surface area contributed by atoms with Crippen molar-refractivity contribution in [3.8, 4) is 0 Å². The smallest absolute Gasteiger partial charge is 0.245 e. The maximum absolute atomic E-state index is 12.6. The van der Waals surface area contributed by atoms with Crippen LogP contribution in [0.5, 0.6) is 0 Å². The Morgan fingerprint density at radius 2 is 1.67 bits per heavy atom. The molecule has 1 aromatic carbocycles. The van der Waals surface area contributed by atoms with Crippen molar-refractivity contribution in [3.63, 3.8) is 0 Å². The summed E-state index contributed by atoms with van der Waals surface area (Å²) in [4.78, 5) is 0.356. The lowest BCUT2D eigenvalue weighted by molar-refractivity contribution is 0.410. The van der Waals surface area contributed by atoms with Crippen LogP contribution in [0.4, 0.5) is 5.69 Å². The largest absolute Gasteiger partial charge is 0.387 e. The van der Waals surface area contributed by atoms with Gasteiger partial charge in [-0.1, -0.05) is 26.0 Å². The summed E-state index contributed by atoms with van der Waals surface area (Å²) in [6, 6.07) is 7.01. The molecule has 0 saturated carbocycles. The molecule has 1 aromatic rings. The number of nitrogens with zero attached hydrogens (tertiary/aromatic N) is 1. The van der Waals surface area contributed by atoms with Crippen LogP contribution in [0.25, 0.3) is 0 Å². The first-order chi connectivity index (χ1) is 8.57. The number of rotatable bonds is 7. The summed E-state index contributed by atoms with van der Waals surface area (Å²) in [7, 11) is -1.66. The third-order valence-electron chi connectivity index (χ3n) is 2.72. The molecule has 0 spiro atoms. The molecule has 0 aromatic heterocycles. The summed E-state index contributed by atoms with van der Waals surface area (Å²) in [6.07, 6.45) is 1.64. The fraction of sp³-hybridized carbons (Fsp3) is 0.538. The molecule has 0 bridgehead atoms. The molecule has 0 aliphatic carbocycles. The zero-order valence-corrected chi connectivity index (χ0v) is 12.1. The zero-order chi connectivity index (χ0) is 13.6. The van der Waals surface area contributed by atoms with Crippen molar-refractivity contribution in [1.29, 1.82) is 0 Å². The Hall–Kier alpha value is -1.07. The highest BCUT2D eigenvalue weighted by molar-refractivity contribution is 7.89. The number of anilines is 1. The second kappa shape index (κ2) is 6.75. The Balaban J connectivity index is 3.17. The molecule has 1 N–H and O–H groups in total. The van der Waals surface area contributed by atoms with E-state index in [4.69, 9.17) is 0 Å². The van der Waals surface area contributed by atoms with E-state index in [1.165, 1.54) is 0 Å². The molecule has 0 saturated heterocycles. The lowest BCUT2D eigenvalue weighted by atomic mass is 10.3. The third-order valence-corrected chi connectivity index (χ3v) is 4.68. The van der Waals surface area contributed by atoms with Crippen molar-refractivity contribution in [2.45, 2.75) is 31.6 Å². The molecule has 0 radical (unpaired) electrons. The second-order valence-corrected chi connectivity index (χ2v) is 6.06. The van der Waals surface area contributed by atoms with Crippen LogP contribution in [0, 0.1) is 0 Å². The lowest BCUT2D eigenvalue weighted by Crippen LogP contribution is -2.33. The maximum Gasteiger partial charge on any atom is 0.245 e. The number of para-hydroxylation sites is 1. The SMILES string of the molecule is CCCN(CCC)S(=O)(=O)c1ccccc1NC. The predicted molar refractivity (Wildman–Crippen MR) is 75.3 cm³/mol. The third kappa shape index (κ3) is 3.23. The number of benzene rings is 1. The molecule has 0 heterocycles. The van der Waals surface area contributed by atoms with Crippen molar-refractivity contribution >= 4 is 15.7 Å². The van der Waals surface area contributed by atoms with E-state index in [2.05, 4.69) is 5.32 Å². The van der Waals surface area contributed by atoms with E-state index >= 15 is 0 Å². The minimum absolute atomic E-state index is 0.356. The molecular weight excluding hydrogens is 248 g/mol. The quantitative estimate of drug-likeness (QED) is 0.828. The van der Waals surface area contributed by atoms with Gasteiger partial charge in [0.15, 0.2) is 0 Å². The Bertz CT molecular complexity index is 466. The van der Waals surface area contributed by atoms with Crippen LogP contribution >= 0.6 is 0 Å². The molecule has 0 unspecified atom stereocenters. The van der Waals surface area contributed by atoms with Crippen LogP contribution in [0.1, 0.15) is 26.7 Å². The van der Waals surface area contributed by atoms with Gasteiger partial charge in [-0.05, 0) is 25.0 Å². The van der Waals surface area contributed by atoms with Gasteiger partial charge in [0, 0.05) is 20.1 Å². The second-order valence-electron chi connectivity index (χ2n) is 4.15. The number of sulfonamides is 1. The predicted octanol–water partition coefficient (Wildman–Crippen LogP) is 2.54. The van der Waals surface area contributed by atoms with Gasteiger partial charge in [-0.3, -0.25) is 0 Å². The Labute approximate surface area is 110 Å². The molecule has 5 heteroatoms. The number of nitrogens with one attached hydrogen (secondary N) is 1.